The zero-order chi connectivity index (χ0) is 13.3. The van der Waals surface area contributed by atoms with Crippen LogP contribution in [0.25, 0.3) is 0 Å². The quantitative estimate of drug-likeness (QED) is 0.805. The van der Waals surface area contributed by atoms with Crippen molar-refractivity contribution in [2.45, 2.75) is 57.6 Å². The third-order valence-electron chi connectivity index (χ3n) is 3.50. The van der Waals surface area contributed by atoms with E-state index in [1.165, 1.54) is 0 Å². The van der Waals surface area contributed by atoms with Gasteiger partial charge < -0.3 is 0 Å². The first-order valence-corrected chi connectivity index (χ1v) is 6.43. The molecule has 0 amide bonds. The van der Waals surface area contributed by atoms with Crippen LogP contribution in [0.15, 0.2) is 6.07 Å². The van der Waals surface area contributed by atoms with E-state index < -0.39 is 0 Å². The zero-order valence-electron chi connectivity index (χ0n) is 11.3. The van der Waals surface area contributed by atoms with Crippen molar-refractivity contribution in [3.63, 3.8) is 0 Å². The summed E-state index contributed by atoms with van der Waals surface area (Å²) in [5, 5.41) is 11.5. The van der Waals surface area contributed by atoms with E-state index in [0.717, 1.165) is 32.2 Å². The molecule has 0 bridgehead atoms. The number of nitrogens with two attached hydrogens (primary N) is 1. The Morgan fingerprint density at radius 1 is 1.50 bits per heavy atom. The Kier molecular flexibility index (Phi) is 3.46. The van der Waals surface area contributed by atoms with Crippen molar-refractivity contribution >= 4 is 13.1 Å². The summed E-state index contributed by atoms with van der Waals surface area (Å²) in [5.41, 5.74) is 6.98. The first kappa shape index (κ1) is 13.1. The predicted octanol–water partition coefficient (Wildman–Crippen LogP) is 2.25. The first-order chi connectivity index (χ1) is 8.43. The van der Waals surface area contributed by atoms with Crippen molar-refractivity contribution in [1.29, 1.82) is 5.31 Å². The monoisotopic (exact) mass is 248 g/mol. The number of rotatable bonds is 3. The first-order valence-electron chi connectivity index (χ1n) is 6.43. The summed E-state index contributed by atoms with van der Waals surface area (Å²) in [6.07, 6.45) is 3.15. The topological polar surface area (TPSA) is 76.9 Å². The molecule has 1 aliphatic rings. The van der Waals surface area contributed by atoms with Gasteiger partial charge in [-0.05, 0) is 0 Å². The molecule has 1 aromatic rings. The Morgan fingerprint density at radius 2 is 2.22 bits per heavy atom. The summed E-state index contributed by atoms with van der Waals surface area (Å²) >= 11 is 0. The maximum absolute atomic E-state index is 7.10. The number of nitrogens with one attached hydrogen (secondary N) is 1. The molecule has 2 atom stereocenters. The van der Waals surface area contributed by atoms with Gasteiger partial charge in [-0.15, -0.1) is 0 Å². The Hall–Kier alpha value is -1.33. The molecule has 1 saturated carbocycles. The molecule has 0 saturated heterocycles. The Bertz CT molecular complexity index is 438. The second kappa shape index (κ2) is 4.74. The van der Waals surface area contributed by atoms with Crippen molar-refractivity contribution in [3.05, 3.63) is 11.8 Å². The van der Waals surface area contributed by atoms with E-state index in [9.17, 15) is 0 Å². The van der Waals surface area contributed by atoms with Crippen LogP contribution in [0.4, 0.5) is 5.82 Å². The van der Waals surface area contributed by atoms with Crippen molar-refractivity contribution in [3.8, 4) is 0 Å². The number of nitrogens with zero attached hydrogens (tertiary/aromatic N) is 2. The van der Waals surface area contributed by atoms with E-state index in [-0.39, 0.29) is 17.6 Å². The van der Waals surface area contributed by atoms with Crippen LogP contribution in [0.3, 0.4) is 0 Å². The van der Waals surface area contributed by atoms with Gasteiger partial charge >= 0.3 is 108 Å². The van der Waals surface area contributed by atoms with Gasteiger partial charge in [0.2, 0.25) is 0 Å². The van der Waals surface area contributed by atoms with Gasteiger partial charge in [0.25, 0.3) is 0 Å². The van der Waals surface area contributed by atoms with Gasteiger partial charge in [-0.25, -0.2) is 0 Å². The van der Waals surface area contributed by atoms with Gasteiger partial charge in [-0.1, -0.05) is 0 Å². The second-order valence-electron chi connectivity index (χ2n) is 5.94. The van der Waals surface area contributed by atoms with E-state index in [1.54, 1.807) is 0 Å². The molecule has 1 fully saturated rings. The zero-order valence-corrected chi connectivity index (χ0v) is 11.3. The molecule has 0 aliphatic heterocycles. The van der Waals surface area contributed by atoms with Crippen molar-refractivity contribution in [2.24, 2.45) is 0 Å². The molecule has 3 N–H and O–H groups in total. The number of aromatic nitrogens is 2. The molecule has 0 spiro atoms. The Morgan fingerprint density at radius 3 is 2.83 bits per heavy atom. The average Bonchev–Trinajstić information content (AvgIpc) is 2.83. The fourth-order valence-electron chi connectivity index (χ4n) is 2.66. The summed E-state index contributed by atoms with van der Waals surface area (Å²) in [4.78, 5) is 0. The molecule has 98 valence electrons. The minimum atomic E-state index is 0.00242. The van der Waals surface area contributed by atoms with Crippen molar-refractivity contribution in [2.75, 3.05) is 5.73 Å². The van der Waals surface area contributed by atoms with Crippen LogP contribution in [-0.2, 0) is 10.1 Å². The van der Waals surface area contributed by atoms with Crippen molar-refractivity contribution in [1.82, 2.24) is 9.78 Å². The van der Waals surface area contributed by atoms with Crippen LogP contribution < -0.4 is 5.73 Å². The van der Waals surface area contributed by atoms with Crippen LogP contribution in [0.2, 0.25) is 0 Å². The molecule has 0 aromatic carbocycles. The molecule has 0 radical (unpaired) electrons. The number of hydrogen-bond donors (Lipinski definition) is 2. The van der Waals surface area contributed by atoms with Crippen LogP contribution >= 0.6 is 0 Å². The fraction of sp³-hybridized carbons (Fsp3) is 0.750. The number of nitrogen functional groups attached to an aromatic ring is 1. The van der Waals surface area contributed by atoms with Crippen LogP contribution in [0.1, 0.15) is 51.8 Å². The molecule has 1 unspecified atom stereocenters. The molecule has 1 aromatic heterocycles. The summed E-state index contributed by atoms with van der Waals surface area (Å²) < 4.78 is 7.40. The minimum absolute atomic E-state index is 0.00242. The Labute approximate surface area is 108 Å². The average molecular weight is 248 g/mol. The van der Waals surface area contributed by atoms with Gasteiger partial charge in [-0.3, -0.25) is 0 Å². The fourth-order valence-corrected chi connectivity index (χ4v) is 2.66. The third-order valence-corrected chi connectivity index (χ3v) is 3.50. The van der Waals surface area contributed by atoms with Gasteiger partial charge in [0.05, 0.1) is 0 Å². The summed E-state index contributed by atoms with van der Waals surface area (Å²) in [6, 6.07) is 2.14. The molecule has 1 heterocycles. The number of hydrogen-bond acceptors (Lipinski definition) is 4. The standard InChI is InChI=1S/C12H21BN4O/c1-12(2,3)10-7-11(14)16-17(10)8-5-4-6-9(8)18-13-15/h7-9,15H,4-6H2,1-3H3,(H2,14,16)/t8?,9-/m1/s1. The van der Waals surface area contributed by atoms with Crippen LogP contribution in [-0.4, -0.2) is 23.2 Å². The molecular weight excluding hydrogens is 227 g/mol. The van der Waals surface area contributed by atoms with Crippen LogP contribution in [0.5, 0.6) is 0 Å². The maximum atomic E-state index is 7.10. The van der Waals surface area contributed by atoms with Crippen LogP contribution in [0, 0.1) is 5.31 Å². The summed E-state index contributed by atoms with van der Waals surface area (Å²) in [7, 11) is 1.03. The van der Waals surface area contributed by atoms with E-state index >= 15 is 0 Å². The number of anilines is 1. The molecule has 18 heavy (non-hydrogen) atoms. The Balaban J connectivity index is 2.35. The molecule has 6 heteroatoms. The normalized spacial score (nSPS) is 23.9. The third kappa shape index (κ3) is 2.42. The van der Waals surface area contributed by atoms with Gasteiger partial charge in [0.1, 0.15) is 0 Å². The van der Waals surface area contributed by atoms with E-state index in [0.29, 0.717) is 5.82 Å². The SMILES string of the molecule is CC(C)(C)c1cc(N)nn1C1CCC[C@H]1OB=N. The van der Waals surface area contributed by atoms with E-state index in [1.807, 2.05) is 10.7 Å². The van der Waals surface area contributed by atoms with Gasteiger partial charge in [0, 0.05) is 0 Å². The predicted molar refractivity (Wildman–Crippen MR) is 71.6 cm³/mol. The summed E-state index contributed by atoms with van der Waals surface area (Å²) in [6.45, 7) is 6.46. The van der Waals surface area contributed by atoms with E-state index in [2.05, 4.69) is 25.9 Å². The van der Waals surface area contributed by atoms with Gasteiger partial charge in [0.15, 0.2) is 0 Å². The summed E-state index contributed by atoms with van der Waals surface area (Å²) in [5.74, 6) is 0.556. The van der Waals surface area contributed by atoms with Crippen molar-refractivity contribution < 1.29 is 4.65 Å². The molecule has 1 aliphatic carbocycles. The van der Waals surface area contributed by atoms with Gasteiger partial charge in [-0.2, -0.15) is 0 Å². The molecular formula is C12H21BN4O. The molecule has 2 rings (SSSR count). The van der Waals surface area contributed by atoms with E-state index in [4.69, 9.17) is 15.7 Å². The second-order valence-corrected chi connectivity index (χ2v) is 5.94. The molecule has 5 nitrogen and oxygen atoms in total.